The van der Waals surface area contributed by atoms with Gasteiger partial charge in [0.15, 0.2) is 0 Å². The summed E-state index contributed by atoms with van der Waals surface area (Å²) in [6.45, 7) is 4.50. The van der Waals surface area contributed by atoms with Crippen molar-refractivity contribution >= 4 is 35.1 Å². The molecule has 0 spiro atoms. The zero-order chi connectivity index (χ0) is 24.0. The van der Waals surface area contributed by atoms with Gasteiger partial charge >= 0.3 is 0 Å². The SMILES string of the molecule is Nc1ccccc1NC(=O)c1ccc(CNc2nc(N3CCCCC3)nc(N3CCCC3)n2)cc1. The molecule has 3 heterocycles. The first kappa shape index (κ1) is 22.9. The monoisotopic (exact) mass is 472 g/mol. The smallest absolute Gasteiger partial charge is 0.255 e. The molecule has 2 aliphatic rings. The molecular formula is C26H32N8O. The number of anilines is 5. The Hall–Kier alpha value is -3.88. The lowest BCUT2D eigenvalue weighted by molar-refractivity contribution is 0.102. The summed E-state index contributed by atoms with van der Waals surface area (Å²) in [5.74, 6) is 1.91. The number of hydrogen-bond acceptors (Lipinski definition) is 8. The van der Waals surface area contributed by atoms with Gasteiger partial charge < -0.3 is 26.2 Å². The maximum absolute atomic E-state index is 12.6. The van der Waals surface area contributed by atoms with E-state index in [4.69, 9.17) is 20.7 Å². The third-order valence-electron chi connectivity index (χ3n) is 6.52. The molecule has 0 saturated carbocycles. The predicted octanol–water partition coefficient (Wildman–Crippen LogP) is 3.91. The average Bonchev–Trinajstić information content (AvgIpc) is 3.45. The summed E-state index contributed by atoms with van der Waals surface area (Å²) in [6, 6.07) is 14.7. The molecule has 4 N–H and O–H groups in total. The summed E-state index contributed by atoms with van der Waals surface area (Å²) in [5, 5.41) is 6.23. The molecule has 5 rings (SSSR count). The molecule has 2 aliphatic heterocycles. The van der Waals surface area contributed by atoms with Crippen molar-refractivity contribution in [1.29, 1.82) is 0 Å². The Labute approximate surface area is 205 Å². The van der Waals surface area contributed by atoms with Crippen LogP contribution in [0.15, 0.2) is 48.5 Å². The van der Waals surface area contributed by atoms with E-state index in [1.165, 1.54) is 32.1 Å². The van der Waals surface area contributed by atoms with Gasteiger partial charge in [0, 0.05) is 38.3 Å². The number of rotatable bonds is 7. The van der Waals surface area contributed by atoms with Gasteiger partial charge in [-0.25, -0.2) is 0 Å². The highest BCUT2D eigenvalue weighted by Gasteiger charge is 2.21. The second kappa shape index (κ2) is 10.6. The van der Waals surface area contributed by atoms with E-state index in [1.54, 1.807) is 12.1 Å². The average molecular weight is 473 g/mol. The Morgan fingerprint density at radius 3 is 2.03 bits per heavy atom. The molecule has 0 atom stereocenters. The maximum Gasteiger partial charge on any atom is 0.255 e. The summed E-state index contributed by atoms with van der Waals surface area (Å²) in [7, 11) is 0. The number of amides is 1. The summed E-state index contributed by atoms with van der Waals surface area (Å²) < 4.78 is 0. The van der Waals surface area contributed by atoms with Gasteiger partial charge in [-0.1, -0.05) is 24.3 Å². The van der Waals surface area contributed by atoms with Crippen LogP contribution in [0.1, 0.15) is 48.0 Å². The van der Waals surface area contributed by atoms with Crippen LogP contribution in [0.3, 0.4) is 0 Å². The van der Waals surface area contributed by atoms with Gasteiger partial charge in [-0.2, -0.15) is 15.0 Å². The molecule has 182 valence electrons. The largest absolute Gasteiger partial charge is 0.397 e. The molecule has 0 radical (unpaired) electrons. The highest BCUT2D eigenvalue weighted by atomic mass is 16.1. The van der Waals surface area contributed by atoms with E-state index >= 15 is 0 Å². The second-order valence-corrected chi connectivity index (χ2v) is 9.09. The van der Waals surface area contributed by atoms with Gasteiger partial charge in [0.05, 0.1) is 11.4 Å². The van der Waals surface area contributed by atoms with Crippen LogP contribution >= 0.6 is 0 Å². The number of carbonyl (C=O) groups is 1. The number of para-hydroxylation sites is 2. The van der Waals surface area contributed by atoms with Crippen molar-refractivity contribution in [2.45, 2.75) is 38.6 Å². The molecule has 1 aromatic heterocycles. The van der Waals surface area contributed by atoms with Gasteiger partial charge in [0.1, 0.15) is 0 Å². The van der Waals surface area contributed by atoms with Gasteiger partial charge in [-0.05, 0) is 61.9 Å². The van der Waals surface area contributed by atoms with E-state index in [2.05, 4.69) is 20.4 Å². The van der Waals surface area contributed by atoms with Crippen molar-refractivity contribution in [3.8, 4) is 0 Å². The van der Waals surface area contributed by atoms with Gasteiger partial charge in [-0.15, -0.1) is 0 Å². The van der Waals surface area contributed by atoms with E-state index in [9.17, 15) is 4.79 Å². The Bertz CT molecular complexity index is 1150. The minimum atomic E-state index is -0.193. The van der Waals surface area contributed by atoms with Crippen LogP contribution in [0.4, 0.5) is 29.2 Å². The number of nitrogens with zero attached hydrogens (tertiary/aromatic N) is 5. The van der Waals surface area contributed by atoms with Crippen LogP contribution in [-0.4, -0.2) is 47.0 Å². The first-order valence-electron chi connectivity index (χ1n) is 12.4. The van der Waals surface area contributed by atoms with Crippen molar-refractivity contribution in [3.63, 3.8) is 0 Å². The van der Waals surface area contributed by atoms with Crippen molar-refractivity contribution in [1.82, 2.24) is 15.0 Å². The molecule has 35 heavy (non-hydrogen) atoms. The third-order valence-corrected chi connectivity index (χ3v) is 6.52. The fourth-order valence-electron chi connectivity index (χ4n) is 4.49. The normalized spacial score (nSPS) is 15.8. The predicted molar refractivity (Wildman–Crippen MR) is 140 cm³/mol. The molecule has 2 aromatic carbocycles. The van der Waals surface area contributed by atoms with Gasteiger partial charge in [-0.3, -0.25) is 4.79 Å². The first-order valence-corrected chi connectivity index (χ1v) is 12.4. The Kier molecular flexibility index (Phi) is 6.92. The number of nitrogens with two attached hydrogens (primary N) is 1. The molecule has 0 bridgehead atoms. The highest BCUT2D eigenvalue weighted by molar-refractivity contribution is 6.05. The van der Waals surface area contributed by atoms with E-state index < -0.39 is 0 Å². The van der Waals surface area contributed by atoms with E-state index in [0.29, 0.717) is 29.4 Å². The topological polar surface area (TPSA) is 112 Å². The number of carbonyl (C=O) groups excluding carboxylic acids is 1. The van der Waals surface area contributed by atoms with Crippen LogP contribution in [0, 0.1) is 0 Å². The van der Waals surface area contributed by atoms with Crippen LogP contribution in [0.5, 0.6) is 0 Å². The summed E-state index contributed by atoms with van der Waals surface area (Å²) in [5.41, 5.74) is 8.68. The molecule has 3 aromatic rings. The lowest BCUT2D eigenvalue weighted by atomic mass is 10.1. The van der Waals surface area contributed by atoms with Crippen molar-refractivity contribution < 1.29 is 4.79 Å². The minimum Gasteiger partial charge on any atom is -0.397 e. The molecule has 9 nitrogen and oxygen atoms in total. The maximum atomic E-state index is 12.6. The Morgan fingerprint density at radius 2 is 1.40 bits per heavy atom. The van der Waals surface area contributed by atoms with Crippen LogP contribution < -0.4 is 26.2 Å². The van der Waals surface area contributed by atoms with Crippen molar-refractivity contribution in [2.24, 2.45) is 0 Å². The fourth-order valence-corrected chi connectivity index (χ4v) is 4.49. The van der Waals surface area contributed by atoms with E-state index in [0.717, 1.165) is 43.6 Å². The first-order chi connectivity index (χ1) is 17.2. The van der Waals surface area contributed by atoms with Crippen molar-refractivity contribution in [3.05, 3.63) is 59.7 Å². The third kappa shape index (κ3) is 5.62. The van der Waals surface area contributed by atoms with E-state index in [1.807, 2.05) is 36.4 Å². The summed E-state index contributed by atoms with van der Waals surface area (Å²) >= 11 is 0. The molecule has 2 fully saturated rings. The van der Waals surface area contributed by atoms with E-state index in [-0.39, 0.29) is 5.91 Å². The van der Waals surface area contributed by atoms with Gasteiger partial charge in [0.2, 0.25) is 17.8 Å². The molecule has 2 saturated heterocycles. The number of hydrogen-bond donors (Lipinski definition) is 3. The van der Waals surface area contributed by atoms with Crippen LogP contribution in [-0.2, 0) is 6.54 Å². The Balaban J connectivity index is 1.26. The number of piperidine rings is 1. The summed E-state index contributed by atoms with van der Waals surface area (Å²) in [6.07, 6.45) is 5.95. The number of aromatic nitrogens is 3. The molecule has 9 heteroatoms. The zero-order valence-electron chi connectivity index (χ0n) is 19.9. The molecule has 0 aliphatic carbocycles. The standard InChI is InChI=1S/C26H32N8O/c27-21-8-2-3-9-22(21)29-23(35)20-12-10-19(11-13-20)18-28-24-30-25(33-14-4-1-5-15-33)32-26(31-24)34-16-6-7-17-34/h2-3,8-13H,1,4-7,14-18,27H2,(H,29,35)(H,28,30,31,32). The zero-order valence-corrected chi connectivity index (χ0v) is 19.9. The minimum absolute atomic E-state index is 0.193. The number of benzene rings is 2. The van der Waals surface area contributed by atoms with Crippen LogP contribution in [0.25, 0.3) is 0 Å². The second-order valence-electron chi connectivity index (χ2n) is 9.09. The molecule has 0 unspecified atom stereocenters. The quantitative estimate of drug-likeness (QED) is 0.444. The van der Waals surface area contributed by atoms with Crippen LogP contribution in [0.2, 0.25) is 0 Å². The molecule has 1 amide bonds. The Morgan fingerprint density at radius 1 is 0.800 bits per heavy atom. The lowest BCUT2D eigenvalue weighted by Gasteiger charge is -2.27. The van der Waals surface area contributed by atoms with Gasteiger partial charge in [0.25, 0.3) is 5.91 Å². The lowest BCUT2D eigenvalue weighted by Crippen LogP contribution is -2.32. The van der Waals surface area contributed by atoms with Crippen molar-refractivity contribution in [2.75, 3.05) is 52.3 Å². The summed E-state index contributed by atoms with van der Waals surface area (Å²) in [4.78, 5) is 31.4. The molecular weight excluding hydrogens is 440 g/mol. The fraction of sp³-hybridized carbons (Fsp3) is 0.385. The highest BCUT2D eigenvalue weighted by Crippen LogP contribution is 2.23. The number of nitrogen functional groups attached to an aromatic ring is 1. The number of nitrogens with one attached hydrogen (secondary N) is 2.